The Morgan fingerprint density at radius 3 is 2.41 bits per heavy atom. The predicted molar refractivity (Wildman–Crippen MR) is 74.3 cm³/mol. The lowest BCUT2D eigenvalue weighted by atomic mass is 10.0. The molecular weight excluding hydrogens is 230 g/mol. The zero-order valence-corrected chi connectivity index (χ0v) is 10.7. The van der Waals surface area contributed by atoms with Crippen LogP contribution in [-0.2, 0) is 6.54 Å². The Balaban J connectivity index is 2.17. The first-order valence-electron chi connectivity index (χ1n) is 5.85. The molecule has 0 aromatic heterocycles. The molecule has 2 aromatic carbocycles. The molecule has 2 aromatic rings. The van der Waals surface area contributed by atoms with Crippen LogP contribution >= 0.6 is 11.6 Å². The van der Waals surface area contributed by atoms with Crippen LogP contribution in [0.3, 0.4) is 0 Å². The van der Waals surface area contributed by atoms with E-state index in [4.69, 9.17) is 11.6 Å². The maximum Gasteiger partial charge on any atom is 0.0412 e. The average Bonchev–Trinajstić information content (AvgIpc) is 2.37. The molecule has 0 amide bonds. The summed E-state index contributed by atoms with van der Waals surface area (Å²) < 4.78 is 0. The minimum Gasteiger partial charge on any atom is -0.313 e. The summed E-state index contributed by atoms with van der Waals surface area (Å²) >= 11 is 5.98. The van der Waals surface area contributed by atoms with Gasteiger partial charge in [0.1, 0.15) is 0 Å². The zero-order chi connectivity index (χ0) is 12.1. The number of halogens is 1. The van der Waals surface area contributed by atoms with Crippen molar-refractivity contribution in [3.63, 3.8) is 0 Å². The first-order valence-corrected chi connectivity index (χ1v) is 6.23. The van der Waals surface area contributed by atoms with Crippen molar-refractivity contribution in [3.8, 4) is 11.1 Å². The molecule has 0 aliphatic carbocycles. The Labute approximate surface area is 107 Å². The molecule has 2 heteroatoms. The van der Waals surface area contributed by atoms with Gasteiger partial charge in [-0.3, -0.25) is 0 Å². The highest BCUT2D eigenvalue weighted by molar-refractivity contribution is 6.30. The molecule has 0 aliphatic heterocycles. The van der Waals surface area contributed by atoms with Gasteiger partial charge >= 0.3 is 0 Å². The van der Waals surface area contributed by atoms with E-state index >= 15 is 0 Å². The fourth-order valence-corrected chi connectivity index (χ4v) is 1.94. The number of hydrogen-bond donors (Lipinski definition) is 1. The first kappa shape index (κ1) is 12.2. The van der Waals surface area contributed by atoms with Gasteiger partial charge in [0.2, 0.25) is 0 Å². The molecule has 0 heterocycles. The third-order valence-corrected chi connectivity index (χ3v) is 2.93. The molecule has 0 saturated carbocycles. The van der Waals surface area contributed by atoms with Gasteiger partial charge in [0.15, 0.2) is 0 Å². The predicted octanol–water partition coefficient (Wildman–Crippen LogP) is 4.12. The minimum absolute atomic E-state index is 0.777. The summed E-state index contributed by atoms with van der Waals surface area (Å²) in [6.07, 6.45) is 0. The van der Waals surface area contributed by atoms with E-state index in [1.165, 1.54) is 11.1 Å². The van der Waals surface area contributed by atoms with Gasteiger partial charge in [0, 0.05) is 11.6 Å². The van der Waals surface area contributed by atoms with Gasteiger partial charge in [0.25, 0.3) is 0 Å². The Bertz CT molecular complexity index is 477. The van der Waals surface area contributed by atoms with Crippen LogP contribution in [0.1, 0.15) is 12.5 Å². The summed E-state index contributed by atoms with van der Waals surface area (Å²) in [5, 5.41) is 4.09. The molecule has 88 valence electrons. The van der Waals surface area contributed by atoms with E-state index in [9.17, 15) is 0 Å². The monoisotopic (exact) mass is 245 g/mol. The molecule has 0 unspecified atom stereocenters. The summed E-state index contributed by atoms with van der Waals surface area (Å²) in [6.45, 7) is 4.03. The van der Waals surface area contributed by atoms with Gasteiger partial charge in [-0.25, -0.2) is 0 Å². The smallest absolute Gasteiger partial charge is 0.0412 e. The molecule has 17 heavy (non-hydrogen) atoms. The van der Waals surface area contributed by atoms with Crippen molar-refractivity contribution in [2.75, 3.05) is 6.54 Å². The summed E-state index contributed by atoms with van der Waals surface area (Å²) in [5.74, 6) is 0. The van der Waals surface area contributed by atoms with Crippen molar-refractivity contribution in [1.29, 1.82) is 0 Å². The normalized spacial score (nSPS) is 10.5. The van der Waals surface area contributed by atoms with Crippen molar-refractivity contribution in [3.05, 3.63) is 59.1 Å². The van der Waals surface area contributed by atoms with Gasteiger partial charge < -0.3 is 5.32 Å². The van der Waals surface area contributed by atoms with E-state index in [0.29, 0.717) is 0 Å². The van der Waals surface area contributed by atoms with E-state index in [-0.39, 0.29) is 0 Å². The van der Waals surface area contributed by atoms with Crippen molar-refractivity contribution in [1.82, 2.24) is 5.32 Å². The summed E-state index contributed by atoms with van der Waals surface area (Å²) in [6, 6.07) is 16.5. The van der Waals surface area contributed by atoms with Crippen LogP contribution in [-0.4, -0.2) is 6.54 Å². The molecule has 0 radical (unpaired) electrons. The van der Waals surface area contributed by atoms with E-state index in [2.05, 4.69) is 42.6 Å². The standard InChI is InChI=1S/C15H16ClN/c1-2-17-11-12-6-8-13(9-7-12)14-4-3-5-15(16)10-14/h3-10,17H,2,11H2,1H3. The molecule has 1 nitrogen and oxygen atoms in total. The summed E-state index contributed by atoms with van der Waals surface area (Å²) in [5.41, 5.74) is 3.66. The van der Waals surface area contributed by atoms with Gasteiger partial charge in [-0.15, -0.1) is 0 Å². The second-order valence-electron chi connectivity index (χ2n) is 3.99. The highest BCUT2D eigenvalue weighted by Crippen LogP contribution is 2.22. The van der Waals surface area contributed by atoms with Crippen molar-refractivity contribution < 1.29 is 0 Å². The Morgan fingerprint density at radius 1 is 1.00 bits per heavy atom. The molecule has 0 aliphatic rings. The molecule has 1 N–H and O–H groups in total. The van der Waals surface area contributed by atoms with Crippen LogP contribution in [0.25, 0.3) is 11.1 Å². The second-order valence-corrected chi connectivity index (χ2v) is 4.42. The number of rotatable bonds is 4. The van der Waals surface area contributed by atoms with Crippen LogP contribution in [0.5, 0.6) is 0 Å². The third kappa shape index (κ3) is 3.32. The fraction of sp³-hybridized carbons (Fsp3) is 0.200. The lowest BCUT2D eigenvalue weighted by Crippen LogP contribution is -2.11. The molecule has 0 atom stereocenters. The summed E-state index contributed by atoms with van der Waals surface area (Å²) in [7, 11) is 0. The lowest BCUT2D eigenvalue weighted by Gasteiger charge is -2.05. The summed E-state index contributed by atoms with van der Waals surface area (Å²) in [4.78, 5) is 0. The van der Waals surface area contributed by atoms with Gasteiger partial charge in [-0.2, -0.15) is 0 Å². The molecule has 0 bridgehead atoms. The van der Waals surface area contributed by atoms with Crippen LogP contribution in [0.15, 0.2) is 48.5 Å². The highest BCUT2D eigenvalue weighted by atomic mass is 35.5. The molecule has 2 rings (SSSR count). The number of hydrogen-bond acceptors (Lipinski definition) is 1. The van der Waals surface area contributed by atoms with E-state index in [0.717, 1.165) is 23.7 Å². The SMILES string of the molecule is CCNCc1ccc(-c2cccc(Cl)c2)cc1. The molecule has 0 fully saturated rings. The van der Waals surface area contributed by atoms with Crippen LogP contribution < -0.4 is 5.32 Å². The van der Waals surface area contributed by atoms with Gasteiger partial charge in [-0.1, -0.05) is 54.9 Å². The Kier molecular flexibility index (Phi) is 4.18. The highest BCUT2D eigenvalue weighted by Gasteiger charge is 1.98. The molecule has 0 spiro atoms. The lowest BCUT2D eigenvalue weighted by molar-refractivity contribution is 0.727. The maximum absolute atomic E-state index is 5.98. The van der Waals surface area contributed by atoms with E-state index in [1.807, 2.05) is 18.2 Å². The molecular formula is C15H16ClN. The number of benzene rings is 2. The van der Waals surface area contributed by atoms with Gasteiger partial charge in [-0.05, 0) is 35.4 Å². The Hall–Kier alpha value is -1.31. The van der Waals surface area contributed by atoms with Crippen LogP contribution in [0, 0.1) is 0 Å². The third-order valence-electron chi connectivity index (χ3n) is 2.69. The second kappa shape index (κ2) is 5.85. The largest absolute Gasteiger partial charge is 0.313 e. The first-order chi connectivity index (χ1) is 8.29. The quantitative estimate of drug-likeness (QED) is 0.855. The maximum atomic E-state index is 5.98. The fourth-order valence-electron chi connectivity index (χ4n) is 1.75. The van der Waals surface area contributed by atoms with Gasteiger partial charge in [0.05, 0.1) is 0 Å². The average molecular weight is 246 g/mol. The van der Waals surface area contributed by atoms with Crippen LogP contribution in [0.4, 0.5) is 0 Å². The van der Waals surface area contributed by atoms with Crippen molar-refractivity contribution in [2.24, 2.45) is 0 Å². The van der Waals surface area contributed by atoms with Crippen LogP contribution in [0.2, 0.25) is 5.02 Å². The van der Waals surface area contributed by atoms with E-state index < -0.39 is 0 Å². The zero-order valence-electron chi connectivity index (χ0n) is 9.91. The van der Waals surface area contributed by atoms with E-state index in [1.54, 1.807) is 0 Å². The Morgan fingerprint density at radius 2 is 1.76 bits per heavy atom. The number of nitrogens with one attached hydrogen (secondary N) is 1. The minimum atomic E-state index is 0.777. The van der Waals surface area contributed by atoms with Crippen molar-refractivity contribution in [2.45, 2.75) is 13.5 Å². The molecule has 0 saturated heterocycles. The topological polar surface area (TPSA) is 12.0 Å². The van der Waals surface area contributed by atoms with Crippen molar-refractivity contribution >= 4 is 11.6 Å².